The van der Waals surface area contributed by atoms with Crippen LogP contribution in [-0.4, -0.2) is 28.6 Å². The van der Waals surface area contributed by atoms with Crippen LogP contribution in [0.3, 0.4) is 0 Å². The molecule has 6 nitrogen and oxygen atoms in total. The smallest absolute Gasteiger partial charge is 0.251 e. The summed E-state index contributed by atoms with van der Waals surface area (Å²) >= 11 is 3.33. The number of amides is 2. The summed E-state index contributed by atoms with van der Waals surface area (Å²) in [5.74, 6) is -0.366. The average molecular weight is 413 g/mol. The second-order valence-corrected chi connectivity index (χ2v) is 6.53. The second kappa shape index (κ2) is 8.44. The van der Waals surface area contributed by atoms with E-state index in [1.54, 1.807) is 30.5 Å². The van der Waals surface area contributed by atoms with Gasteiger partial charge in [0.2, 0.25) is 5.91 Å². The van der Waals surface area contributed by atoms with Crippen LogP contribution < -0.4 is 10.6 Å². The number of rotatable bonds is 6. The van der Waals surface area contributed by atoms with Gasteiger partial charge in [0, 0.05) is 40.4 Å². The Morgan fingerprint density at radius 1 is 1.08 bits per heavy atom. The van der Waals surface area contributed by atoms with Crippen molar-refractivity contribution < 1.29 is 9.59 Å². The Labute approximate surface area is 159 Å². The van der Waals surface area contributed by atoms with Crippen LogP contribution in [0.25, 0.3) is 11.3 Å². The fourth-order valence-electron chi connectivity index (χ4n) is 2.40. The highest BCUT2D eigenvalue weighted by Crippen LogP contribution is 2.20. The first kappa shape index (κ1) is 17.9. The zero-order valence-corrected chi connectivity index (χ0v) is 15.4. The number of anilines is 1. The van der Waals surface area contributed by atoms with Crippen molar-refractivity contribution in [2.45, 2.75) is 6.42 Å². The van der Waals surface area contributed by atoms with Crippen molar-refractivity contribution in [2.24, 2.45) is 0 Å². The number of aromatic nitrogens is 2. The van der Waals surface area contributed by atoms with Gasteiger partial charge in [0.15, 0.2) is 0 Å². The van der Waals surface area contributed by atoms with E-state index in [9.17, 15) is 9.59 Å². The van der Waals surface area contributed by atoms with E-state index < -0.39 is 0 Å². The fourth-order valence-corrected chi connectivity index (χ4v) is 2.66. The fraction of sp³-hybridized carbons (Fsp3) is 0.105. The van der Waals surface area contributed by atoms with Crippen LogP contribution in [0.15, 0.2) is 65.3 Å². The summed E-state index contributed by atoms with van der Waals surface area (Å²) in [6.45, 7) is 0.265. The van der Waals surface area contributed by atoms with Crippen molar-refractivity contribution in [2.75, 3.05) is 11.9 Å². The van der Waals surface area contributed by atoms with E-state index in [2.05, 4.69) is 36.8 Å². The number of carbonyl (C=O) groups excluding carboxylic acids is 2. The highest BCUT2D eigenvalue weighted by molar-refractivity contribution is 9.10. The summed E-state index contributed by atoms with van der Waals surface area (Å²) in [4.78, 5) is 24.1. The molecule has 0 unspecified atom stereocenters. The molecule has 0 spiro atoms. The quantitative estimate of drug-likeness (QED) is 0.577. The monoisotopic (exact) mass is 412 g/mol. The maximum atomic E-state index is 12.1. The van der Waals surface area contributed by atoms with E-state index in [0.29, 0.717) is 11.3 Å². The Bertz CT molecular complexity index is 892. The molecule has 0 atom stereocenters. The molecule has 0 aliphatic carbocycles. The van der Waals surface area contributed by atoms with Gasteiger partial charge >= 0.3 is 0 Å². The van der Waals surface area contributed by atoms with Crippen LogP contribution in [0.1, 0.15) is 16.8 Å². The third-order valence-corrected chi connectivity index (χ3v) is 4.23. The van der Waals surface area contributed by atoms with Gasteiger partial charge < -0.3 is 10.6 Å². The van der Waals surface area contributed by atoms with Gasteiger partial charge in [0.25, 0.3) is 5.91 Å². The molecular formula is C19H17BrN4O2. The number of carbonyl (C=O) groups is 2. The molecule has 7 heteroatoms. The van der Waals surface area contributed by atoms with Crippen molar-refractivity contribution in [1.29, 1.82) is 0 Å². The lowest BCUT2D eigenvalue weighted by molar-refractivity contribution is -0.116. The zero-order valence-electron chi connectivity index (χ0n) is 13.8. The predicted molar refractivity (Wildman–Crippen MR) is 104 cm³/mol. The summed E-state index contributed by atoms with van der Waals surface area (Å²) in [7, 11) is 0. The Hall–Kier alpha value is -2.93. The topological polar surface area (TPSA) is 86.9 Å². The van der Waals surface area contributed by atoms with Gasteiger partial charge in [-0.25, -0.2) is 0 Å². The van der Waals surface area contributed by atoms with E-state index >= 15 is 0 Å². The average Bonchev–Trinajstić information content (AvgIpc) is 3.17. The van der Waals surface area contributed by atoms with Gasteiger partial charge in [0.05, 0.1) is 5.69 Å². The molecule has 1 heterocycles. The molecule has 0 saturated heterocycles. The minimum atomic E-state index is -0.202. The zero-order chi connectivity index (χ0) is 18.4. The molecule has 0 radical (unpaired) electrons. The standard InChI is InChI=1S/C19H17BrN4O2/c20-15-6-4-13(5-7-15)19(26)21-10-9-18(25)23-16-3-1-2-14(12-16)17-8-11-22-24-17/h1-8,11-12H,9-10H2,(H,21,26)(H,22,24)(H,23,25). The first-order valence-electron chi connectivity index (χ1n) is 8.05. The summed E-state index contributed by atoms with van der Waals surface area (Å²) in [6, 6.07) is 16.4. The highest BCUT2D eigenvalue weighted by atomic mass is 79.9. The van der Waals surface area contributed by atoms with Crippen LogP contribution in [0.4, 0.5) is 5.69 Å². The summed E-state index contributed by atoms with van der Waals surface area (Å²) in [5.41, 5.74) is 3.06. The number of hydrogen-bond donors (Lipinski definition) is 3. The third-order valence-electron chi connectivity index (χ3n) is 3.70. The molecule has 3 rings (SSSR count). The molecule has 2 amide bonds. The van der Waals surface area contributed by atoms with Gasteiger partial charge in [-0.2, -0.15) is 5.10 Å². The Kier molecular flexibility index (Phi) is 5.80. The molecule has 26 heavy (non-hydrogen) atoms. The first-order chi connectivity index (χ1) is 12.6. The van der Waals surface area contributed by atoms with E-state index in [1.807, 2.05) is 30.3 Å². The van der Waals surface area contributed by atoms with Gasteiger partial charge in [-0.15, -0.1) is 0 Å². The van der Waals surface area contributed by atoms with Crippen LogP contribution in [0.2, 0.25) is 0 Å². The number of halogens is 1. The van der Waals surface area contributed by atoms with Crippen LogP contribution in [0.5, 0.6) is 0 Å². The lowest BCUT2D eigenvalue weighted by Crippen LogP contribution is -2.27. The van der Waals surface area contributed by atoms with Crippen LogP contribution in [0, 0.1) is 0 Å². The van der Waals surface area contributed by atoms with Crippen LogP contribution in [-0.2, 0) is 4.79 Å². The Morgan fingerprint density at radius 2 is 1.88 bits per heavy atom. The van der Waals surface area contributed by atoms with Crippen molar-refractivity contribution in [3.05, 3.63) is 70.8 Å². The Balaban J connectivity index is 1.49. The first-order valence-corrected chi connectivity index (χ1v) is 8.84. The van der Waals surface area contributed by atoms with E-state index in [0.717, 1.165) is 15.7 Å². The molecule has 1 aromatic heterocycles. The van der Waals surface area contributed by atoms with Crippen LogP contribution >= 0.6 is 15.9 Å². The number of benzene rings is 2. The lowest BCUT2D eigenvalue weighted by atomic mass is 10.1. The van der Waals surface area contributed by atoms with E-state index in [1.165, 1.54) is 0 Å². The number of H-pyrrole nitrogens is 1. The molecule has 2 aromatic carbocycles. The van der Waals surface area contributed by atoms with E-state index in [4.69, 9.17) is 0 Å². The molecule has 0 aliphatic heterocycles. The van der Waals surface area contributed by atoms with Crippen molar-refractivity contribution in [3.8, 4) is 11.3 Å². The van der Waals surface area contributed by atoms with Crippen molar-refractivity contribution >= 4 is 33.4 Å². The normalized spacial score (nSPS) is 10.3. The molecule has 132 valence electrons. The highest BCUT2D eigenvalue weighted by Gasteiger charge is 2.08. The molecule has 3 N–H and O–H groups in total. The lowest BCUT2D eigenvalue weighted by Gasteiger charge is -2.08. The summed E-state index contributed by atoms with van der Waals surface area (Å²) < 4.78 is 0.908. The van der Waals surface area contributed by atoms with E-state index in [-0.39, 0.29) is 24.8 Å². The van der Waals surface area contributed by atoms with Gasteiger partial charge in [-0.3, -0.25) is 14.7 Å². The molecular weight excluding hydrogens is 396 g/mol. The van der Waals surface area contributed by atoms with Crippen molar-refractivity contribution in [3.63, 3.8) is 0 Å². The second-order valence-electron chi connectivity index (χ2n) is 5.61. The van der Waals surface area contributed by atoms with Crippen molar-refractivity contribution in [1.82, 2.24) is 15.5 Å². The Morgan fingerprint density at radius 3 is 2.62 bits per heavy atom. The largest absolute Gasteiger partial charge is 0.352 e. The molecule has 0 bridgehead atoms. The number of nitrogens with zero attached hydrogens (tertiary/aromatic N) is 1. The summed E-state index contributed by atoms with van der Waals surface area (Å²) in [5, 5.41) is 12.4. The predicted octanol–water partition coefficient (Wildman–Crippen LogP) is 3.60. The maximum absolute atomic E-state index is 12.1. The SMILES string of the molecule is O=C(CCNC(=O)c1ccc(Br)cc1)Nc1cccc(-c2ccn[nH]2)c1. The van der Waals surface area contributed by atoms with Gasteiger partial charge in [-0.05, 0) is 42.5 Å². The van der Waals surface area contributed by atoms with Gasteiger partial charge in [0.1, 0.15) is 0 Å². The minimum Gasteiger partial charge on any atom is -0.352 e. The molecule has 0 saturated carbocycles. The van der Waals surface area contributed by atoms with Gasteiger partial charge in [-0.1, -0.05) is 28.1 Å². The maximum Gasteiger partial charge on any atom is 0.251 e. The summed E-state index contributed by atoms with van der Waals surface area (Å²) in [6.07, 6.45) is 1.87. The number of hydrogen-bond acceptors (Lipinski definition) is 3. The molecule has 0 fully saturated rings. The number of aromatic amines is 1. The number of nitrogens with one attached hydrogen (secondary N) is 3. The molecule has 3 aromatic rings. The minimum absolute atomic E-state index is 0.164. The third kappa shape index (κ3) is 4.80. The molecule has 0 aliphatic rings.